The molecule has 32 heavy (non-hydrogen) atoms. The van der Waals surface area contributed by atoms with Crippen molar-refractivity contribution in [2.24, 2.45) is 11.8 Å². The van der Waals surface area contributed by atoms with Gasteiger partial charge in [-0.2, -0.15) is 0 Å². The first-order valence-electron chi connectivity index (χ1n) is 11.7. The van der Waals surface area contributed by atoms with Gasteiger partial charge in [-0.3, -0.25) is 14.4 Å². The van der Waals surface area contributed by atoms with Gasteiger partial charge in [-0.05, 0) is 33.6 Å². The molecule has 4 heterocycles. The molecule has 1 N–H and O–H groups in total. The highest BCUT2D eigenvalue weighted by Gasteiger charge is 2.75. The summed E-state index contributed by atoms with van der Waals surface area (Å²) in [4.78, 5) is 44.2. The third kappa shape index (κ3) is 3.22. The number of amides is 2. The molecule has 0 bridgehead atoms. The second-order valence-corrected chi connectivity index (χ2v) is 9.66. The van der Waals surface area contributed by atoms with Crippen LogP contribution >= 0.6 is 0 Å². The Morgan fingerprint density at radius 1 is 1.12 bits per heavy atom. The summed E-state index contributed by atoms with van der Waals surface area (Å²) >= 11 is 0. The largest absolute Gasteiger partial charge is 0.465 e. The number of ether oxygens (including phenoxy) is 2. The first kappa shape index (κ1) is 23.0. The predicted octanol–water partition coefficient (Wildman–Crippen LogP) is 1.43. The Morgan fingerprint density at radius 2 is 1.88 bits per heavy atom. The summed E-state index contributed by atoms with van der Waals surface area (Å²) in [6.07, 6.45) is 9.78. The summed E-state index contributed by atoms with van der Waals surface area (Å²) < 4.78 is 12.1. The number of carbonyl (C=O) groups excluding carboxylic acids is 3. The summed E-state index contributed by atoms with van der Waals surface area (Å²) in [6.45, 7) is 7.94. The number of hydrogen-bond acceptors (Lipinski definition) is 6. The van der Waals surface area contributed by atoms with Crippen LogP contribution in [0.3, 0.4) is 0 Å². The minimum atomic E-state index is -1.30. The Kier molecular flexibility index (Phi) is 5.96. The van der Waals surface area contributed by atoms with Crippen molar-refractivity contribution >= 4 is 17.8 Å². The van der Waals surface area contributed by atoms with Crippen LogP contribution < -0.4 is 0 Å². The highest BCUT2D eigenvalue weighted by molar-refractivity contribution is 5.99. The Bertz CT molecular complexity index is 855. The molecule has 8 heteroatoms. The van der Waals surface area contributed by atoms with Gasteiger partial charge in [0.25, 0.3) is 0 Å². The summed E-state index contributed by atoms with van der Waals surface area (Å²) in [6, 6.07) is -1.56. The molecule has 0 radical (unpaired) electrons. The average Bonchev–Trinajstić information content (AvgIpc) is 3.07. The molecular formula is C24H34N2O6. The molecule has 4 aliphatic heterocycles. The number of hydrogen-bond donors (Lipinski definition) is 1. The smallest absolute Gasteiger partial charge is 0.313 e. The minimum absolute atomic E-state index is 0.0109. The van der Waals surface area contributed by atoms with Crippen LogP contribution in [-0.4, -0.2) is 81.8 Å². The molecule has 2 saturated heterocycles. The number of aliphatic hydroxyl groups excluding tert-OH is 1. The molecule has 1 spiro atoms. The van der Waals surface area contributed by atoms with Crippen molar-refractivity contribution in [1.29, 1.82) is 0 Å². The Morgan fingerprint density at radius 3 is 2.56 bits per heavy atom. The van der Waals surface area contributed by atoms with Gasteiger partial charge >= 0.3 is 5.97 Å². The lowest BCUT2D eigenvalue weighted by atomic mass is 9.74. The van der Waals surface area contributed by atoms with Crippen LogP contribution in [-0.2, 0) is 23.9 Å². The van der Waals surface area contributed by atoms with Gasteiger partial charge in [-0.15, -0.1) is 0 Å². The molecule has 4 aliphatic rings. The van der Waals surface area contributed by atoms with Gasteiger partial charge in [0, 0.05) is 12.6 Å². The first-order valence-corrected chi connectivity index (χ1v) is 11.7. The van der Waals surface area contributed by atoms with Crippen molar-refractivity contribution in [2.75, 3.05) is 19.8 Å². The lowest BCUT2D eigenvalue weighted by Crippen LogP contribution is -2.59. The van der Waals surface area contributed by atoms with Crippen molar-refractivity contribution in [3.8, 4) is 0 Å². The van der Waals surface area contributed by atoms with E-state index in [1.54, 1.807) is 18.7 Å². The van der Waals surface area contributed by atoms with E-state index in [-0.39, 0.29) is 31.1 Å². The highest BCUT2D eigenvalue weighted by Crippen LogP contribution is 2.57. The summed E-state index contributed by atoms with van der Waals surface area (Å²) in [7, 11) is 0. The van der Waals surface area contributed by atoms with Gasteiger partial charge in [0.2, 0.25) is 11.8 Å². The molecule has 0 saturated carbocycles. The van der Waals surface area contributed by atoms with Crippen LogP contribution in [0.1, 0.15) is 47.0 Å². The molecule has 7 atom stereocenters. The zero-order valence-electron chi connectivity index (χ0n) is 19.3. The van der Waals surface area contributed by atoms with E-state index in [0.717, 1.165) is 12.8 Å². The number of fused-ring (bicyclic) bond motifs is 2. The monoisotopic (exact) mass is 446 g/mol. The van der Waals surface area contributed by atoms with Crippen LogP contribution in [0.4, 0.5) is 0 Å². The maximum atomic E-state index is 14.0. The topological polar surface area (TPSA) is 96.4 Å². The molecule has 0 aromatic rings. The molecule has 8 nitrogen and oxygen atoms in total. The molecule has 0 aromatic heterocycles. The second-order valence-electron chi connectivity index (χ2n) is 9.66. The quantitative estimate of drug-likeness (QED) is 0.507. The van der Waals surface area contributed by atoms with Gasteiger partial charge in [0.15, 0.2) is 0 Å². The molecule has 0 aliphatic carbocycles. The zero-order valence-corrected chi connectivity index (χ0v) is 19.3. The average molecular weight is 447 g/mol. The van der Waals surface area contributed by atoms with E-state index >= 15 is 0 Å². The molecule has 0 aromatic carbocycles. The fraction of sp³-hybridized carbons (Fsp3) is 0.708. The van der Waals surface area contributed by atoms with Crippen molar-refractivity contribution in [2.45, 2.75) is 76.3 Å². The first-order chi connectivity index (χ1) is 15.2. The molecule has 2 unspecified atom stereocenters. The molecule has 4 rings (SSSR count). The van der Waals surface area contributed by atoms with Gasteiger partial charge in [0.05, 0.1) is 30.8 Å². The number of likely N-dealkylation sites (tertiary alicyclic amines) is 1. The summed E-state index contributed by atoms with van der Waals surface area (Å²) in [5.41, 5.74) is -2.37. The Balaban J connectivity index is 1.87. The number of rotatable bonds is 5. The molecular weight excluding hydrogens is 412 g/mol. The molecule has 2 amide bonds. The van der Waals surface area contributed by atoms with E-state index in [0.29, 0.717) is 13.0 Å². The lowest BCUT2D eigenvalue weighted by molar-refractivity contribution is -0.162. The van der Waals surface area contributed by atoms with Crippen LogP contribution in [0.15, 0.2) is 24.3 Å². The van der Waals surface area contributed by atoms with Crippen molar-refractivity contribution in [1.82, 2.24) is 9.80 Å². The number of carbonyl (C=O) groups is 3. The van der Waals surface area contributed by atoms with Crippen LogP contribution in [0, 0.1) is 11.8 Å². The third-order valence-corrected chi connectivity index (χ3v) is 7.47. The number of cyclic esters (lactones) is 1. The van der Waals surface area contributed by atoms with Crippen LogP contribution in [0.5, 0.6) is 0 Å². The third-order valence-electron chi connectivity index (χ3n) is 7.47. The fourth-order valence-electron chi connectivity index (χ4n) is 5.98. The number of esters is 1. The van der Waals surface area contributed by atoms with Crippen molar-refractivity contribution in [3.05, 3.63) is 24.3 Å². The molecule has 176 valence electrons. The van der Waals surface area contributed by atoms with E-state index in [4.69, 9.17) is 9.47 Å². The van der Waals surface area contributed by atoms with Crippen LogP contribution in [0.25, 0.3) is 0 Å². The lowest BCUT2D eigenvalue weighted by Gasteiger charge is -2.40. The van der Waals surface area contributed by atoms with E-state index in [1.165, 1.54) is 4.90 Å². The standard InChI is InChI=1S/C24H34N2O6/c1-5-9-15(2)25-12-8-11-24-17(20(28)26(16(3)14-27)19(24)21(25)29)18-22(30)31-13-7-6-10-23(18,4)32-24/h6,8,10-11,15-19,27H,5,7,9,12-14H2,1-4H3/t15?,16-,17+,18+,19?,23-,24+/m1/s1. The van der Waals surface area contributed by atoms with E-state index in [1.807, 2.05) is 31.2 Å². The van der Waals surface area contributed by atoms with E-state index in [9.17, 15) is 19.5 Å². The van der Waals surface area contributed by atoms with E-state index in [2.05, 4.69) is 6.92 Å². The number of aliphatic hydroxyl groups is 1. The van der Waals surface area contributed by atoms with Gasteiger partial charge in [0.1, 0.15) is 17.6 Å². The molecule has 2 fully saturated rings. The maximum Gasteiger partial charge on any atom is 0.313 e. The maximum absolute atomic E-state index is 14.0. The van der Waals surface area contributed by atoms with Gasteiger partial charge < -0.3 is 24.4 Å². The van der Waals surface area contributed by atoms with Crippen molar-refractivity contribution < 1.29 is 29.0 Å². The van der Waals surface area contributed by atoms with Crippen LogP contribution in [0.2, 0.25) is 0 Å². The van der Waals surface area contributed by atoms with Crippen molar-refractivity contribution in [3.63, 3.8) is 0 Å². The fourth-order valence-corrected chi connectivity index (χ4v) is 5.98. The zero-order chi connectivity index (χ0) is 23.3. The van der Waals surface area contributed by atoms with Gasteiger partial charge in [-0.25, -0.2) is 0 Å². The minimum Gasteiger partial charge on any atom is -0.465 e. The van der Waals surface area contributed by atoms with E-state index < -0.39 is 41.1 Å². The van der Waals surface area contributed by atoms with Gasteiger partial charge in [-0.1, -0.05) is 37.6 Å². The highest BCUT2D eigenvalue weighted by atomic mass is 16.6. The Hall–Kier alpha value is -2.19. The predicted molar refractivity (Wildman–Crippen MR) is 116 cm³/mol. The normalized spacial score (nSPS) is 38.4. The second kappa shape index (κ2) is 8.30. The Labute approximate surface area is 189 Å². The summed E-state index contributed by atoms with van der Waals surface area (Å²) in [5.74, 6) is -2.81. The number of nitrogens with zero attached hydrogens (tertiary/aromatic N) is 2. The summed E-state index contributed by atoms with van der Waals surface area (Å²) in [5, 5.41) is 9.92. The SMILES string of the molecule is CCCC(C)N1CC=C[C@]23O[C@]4(C)C=CCCOC(=O)[C@@H]4[C@H]2C(=O)N([C@H](C)CO)C3C1=O.